The third kappa shape index (κ3) is 2.55. The van der Waals surface area contributed by atoms with E-state index in [0.717, 1.165) is 11.2 Å². The Balaban J connectivity index is 2.01. The molecule has 106 valence electrons. The summed E-state index contributed by atoms with van der Waals surface area (Å²) in [5.74, 6) is -0.462. The minimum Gasteiger partial charge on any atom is -0.479 e. The number of hydrogen-bond acceptors (Lipinski definition) is 4. The largest absolute Gasteiger partial charge is 0.479 e. The fourth-order valence-electron chi connectivity index (χ4n) is 2.23. The molecule has 0 amide bonds. The maximum Gasteiger partial charge on any atom is 0.330 e. The van der Waals surface area contributed by atoms with Crippen LogP contribution in [-0.4, -0.2) is 25.7 Å². The Bertz CT molecular complexity index is 783. The summed E-state index contributed by atoms with van der Waals surface area (Å²) in [5, 5.41) is 16.7. The minimum atomic E-state index is -0.957. The molecule has 6 heteroatoms. The molecule has 0 aliphatic heterocycles. The Morgan fingerprint density at radius 1 is 1.33 bits per heavy atom. The summed E-state index contributed by atoms with van der Waals surface area (Å²) < 4.78 is 1.68. The van der Waals surface area contributed by atoms with Crippen LogP contribution in [0.25, 0.3) is 5.52 Å². The number of hydrogen-bond donors (Lipinski definition) is 2. The first kappa shape index (κ1) is 13.1. The lowest BCUT2D eigenvalue weighted by Gasteiger charge is -2.15. The quantitative estimate of drug-likeness (QED) is 0.767. The van der Waals surface area contributed by atoms with Crippen molar-refractivity contribution >= 4 is 17.3 Å². The van der Waals surface area contributed by atoms with Crippen LogP contribution in [0.15, 0.2) is 48.8 Å². The fourth-order valence-corrected chi connectivity index (χ4v) is 2.23. The summed E-state index contributed by atoms with van der Waals surface area (Å²) >= 11 is 0. The summed E-state index contributed by atoms with van der Waals surface area (Å²) in [5.41, 5.74) is 2.26. The van der Waals surface area contributed by atoms with Crippen LogP contribution < -0.4 is 5.32 Å². The number of carboxylic acids is 1. The zero-order valence-electron chi connectivity index (χ0n) is 11.4. The van der Waals surface area contributed by atoms with Crippen molar-refractivity contribution in [2.24, 2.45) is 0 Å². The summed E-state index contributed by atoms with van der Waals surface area (Å²) in [7, 11) is 0. The molecule has 0 fully saturated rings. The van der Waals surface area contributed by atoms with Crippen molar-refractivity contribution in [1.29, 1.82) is 0 Å². The number of aliphatic carboxylic acids is 1. The van der Waals surface area contributed by atoms with E-state index >= 15 is 0 Å². The van der Waals surface area contributed by atoms with Crippen molar-refractivity contribution in [3.05, 3.63) is 60.0 Å². The third-order valence-corrected chi connectivity index (χ3v) is 3.17. The predicted molar refractivity (Wildman–Crippen MR) is 78.2 cm³/mol. The molecule has 0 aliphatic carbocycles. The third-order valence-electron chi connectivity index (χ3n) is 3.17. The van der Waals surface area contributed by atoms with Crippen LogP contribution in [0, 0.1) is 6.92 Å². The fraction of sp³-hybridized carbons (Fsp3) is 0.133. The SMILES string of the molecule is Cc1cc2c(NC(C(=O)O)c3ccccc3)nccn2n1. The molecular weight excluding hydrogens is 268 g/mol. The second kappa shape index (κ2) is 5.24. The van der Waals surface area contributed by atoms with E-state index in [-0.39, 0.29) is 0 Å². The first-order valence-corrected chi connectivity index (χ1v) is 6.50. The highest BCUT2D eigenvalue weighted by molar-refractivity contribution is 5.81. The zero-order chi connectivity index (χ0) is 14.8. The lowest BCUT2D eigenvalue weighted by Crippen LogP contribution is -2.21. The molecule has 1 atom stereocenters. The molecule has 3 rings (SSSR count). The molecule has 0 saturated carbocycles. The summed E-state index contributed by atoms with van der Waals surface area (Å²) in [6.07, 6.45) is 3.32. The van der Waals surface area contributed by atoms with Gasteiger partial charge in [-0.25, -0.2) is 14.3 Å². The zero-order valence-corrected chi connectivity index (χ0v) is 11.4. The van der Waals surface area contributed by atoms with E-state index in [1.54, 1.807) is 29.0 Å². The smallest absolute Gasteiger partial charge is 0.330 e. The van der Waals surface area contributed by atoms with E-state index in [2.05, 4.69) is 15.4 Å². The van der Waals surface area contributed by atoms with Gasteiger partial charge in [-0.05, 0) is 18.6 Å². The van der Waals surface area contributed by atoms with Gasteiger partial charge < -0.3 is 10.4 Å². The number of carbonyl (C=O) groups is 1. The van der Waals surface area contributed by atoms with E-state index in [9.17, 15) is 9.90 Å². The van der Waals surface area contributed by atoms with Gasteiger partial charge >= 0.3 is 5.97 Å². The van der Waals surface area contributed by atoms with E-state index in [1.807, 2.05) is 31.2 Å². The highest BCUT2D eigenvalue weighted by atomic mass is 16.4. The Hall–Kier alpha value is -2.89. The van der Waals surface area contributed by atoms with Gasteiger partial charge in [0, 0.05) is 12.4 Å². The second-order valence-electron chi connectivity index (χ2n) is 4.72. The van der Waals surface area contributed by atoms with Crippen molar-refractivity contribution in [1.82, 2.24) is 14.6 Å². The first-order valence-electron chi connectivity index (χ1n) is 6.50. The molecule has 0 aliphatic rings. The Morgan fingerprint density at radius 3 is 2.81 bits per heavy atom. The van der Waals surface area contributed by atoms with Gasteiger partial charge in [0.05, 0.1) is 5.69 Å². The van der Waals surface area contributed by atoms with Gasteiger partial charge in [-0.1, -0.05) is 30.3 Å². The summed E-state index contributed by atoms with van der Waals surface area (Å²) in [4.78, 5) is 15.8. The van der Waals surface area contributed by atoms with Crippen LogP contribution in [0.3, 0.4) is 0 Å². The number of aromatic nitrogens is 3. The number of nitrogens with zero attached hydrogens (tertiary/aromatic N) is 3. The number of fused-ring (bicyclic) bond motifs is 1. The van der Waals surface area contributed by atoms with E-state index in [1.165, 1.54) is 0 Å². The molecule has 2 heterocycles. The number of nitrogens with one attached hydrogen (secondary N) is 1. The first-order chi connectivity index (χ1) is 10.1. The number of benzene rings is 1. The average Bonchev–Trinajstić information content (AvgIpc) is 2.86. The van der Waals surface area contributed by atoms with Crippen LogP contribution >= 0.6 is 0 Å². The highest BCUT2D eigenvalue weighted by Crippen LogP contribution is 2.22. The van der Waals surface area contributed by atoms with Gasteiger partial charge in [0.25, 0.3) is 0 Å². The molecule has 21 heavy (non-hydrogen) atoms. The number of aryl methyl sites for hydroxylation is 1. The average molecular weight is 282 g/mol. The van der Waals surface area contributed by atoms with Crippen molar-refractivity contribution < 1.29 is 9.90 Å². The topological polar surface area (TPSA) is 79.5 Å². The maximum atomic E-state index is 11.5. The number of anilines is 1. The Morgan fingerprint density at radius 2 is 2.10 bits per heavy atom. The standard InChI is InChI=1S/C15H14N4O2/c1-10-9-12-14(16-7-8-19(12)18-10)17-13(15(20)21)11-5-3-2-4-6-11/h2-9,13H,1H3,(H,16,17)(H,20,21). The number of rotatable bonds is 4. The van der Waals surface area contributed by atoms with Crippen LogP contribution in [0.2, 0.25) is 0 Å². The van der Waals surface area contributed by atoms with Gasteiger partial charge in [0.15, 0.2) is 11.9 Å². The maximum absolute atomic E-state index is 11.5. The van der Waals surface area contributed by atoms with E-state index in [4.69, 9.17) is 0 Å². The molecular formula is C15H14N4O2. The minimum absolute atomic E-state index is 0.495. The van der Waals surface area contributed by atoms with Gasteiger partial charge in [0.2, 0.25) is 0 Å². The van der Waals surface area contributed by atoms with Crippen LogP contribution in [0.5, 0.6) is 0 Å². The van der Waals surface area contributed by atoms with Crippen molar-refractivity contribution in [3.8, 4) is 0 Å². The van der Waals surface area contributed by atoms with Gasteiger partial charge in [-0.15, -0.1) is 0 Å². The summed E-state index contributed by atoms with van der Waals surface area (Å²) in [6.45, 7) is 1.88. The molecule has 0 radical (unpaired) electrons. The molecule has 6 nitrogen and oxygen atoms in total. The normalized spacial score (nSPS) is 12.2. The van der Waals surface area contributed by atoms with Gasteiger partial charge in [0.1, 0.15) is 5.52 Å². The summed E-state index contributed by atoms with van der Waals surface area (Å²) in [6, 6.07) is 10.0. The van der Waals surface area contributed by atoms with Crippen LogP contribution in [-0.2, 0) is 4.79 Å². The van der Waals surface area contributed by atoms with E-state index < -0.39 is 12.0 Å². The van der Waals surface area contributed by atoms with Crippen LogP contribution in [0.1, 0.15) is 17.3 Å². The van der Waals surface area contributed by atoms with Gasteiger partial charge in [-0.3, -0.25) is 0 Å². The highest BCUT2D eigenvalue weighted by Gasteiger charge is 2.21. The van der Waals surface area contributed by atoms with Crippen molar-refractivity contribution in [3.63, 3.8) is 0 Å². The Kier molecular flexibility index (Phi) is 3.27. The van der Waals surface area contributed by atoms with Crippen molar-refractivity contribution in [2.75, 3.05) is 5.32 Å². The van der Waals surface area contributed by atoms with Crippen LogP contribution in [0.4, 0.5) is 5.82 Å². The van der Waals surface area contributed by atoms with Crippen molar-refractivity contribution in [2.45, 2.75) is 13.0 Å². The number of carboxylic acid groups (broad SMARTS) is 1. The van der Waals surface area contributed by atoms with Gasteiger partial charge in [-0.2, -0.15) is 5.10 Å². The molecule has 1 unspecified atom stereocenters. The molecule has 0 spiro atoms. The molecule has 1 aromatic carbocycles. The Labute approximate surface area is 121 Å². The molecule has 3 aromatic rings. The molecule has 2 N–H and O–H groups in total. The molecule has 0 bridgehead atoms. The lowest BCUT2D eigenvalue weighted by molar-refractivity contribution is -0.138. The predicted octanol–water partition coefficient (Wildman–Crippen LogP) is 2.28. The second-order valence-corrected chi connectivity index (χ2v) is 4.72. The monoisotopic (exact) mass is 282 g/mol. The van der Waals surface area contributed by atoms with E-state index in [0.29, 0.717) is 11.4 Å². The molecule has 2 aromatic heterocycles. The molecule has 0 saturated heterocycles. The lowest BCUT2D eigenvalue weighted by atomic mass is 10.1.